The average molecular weight is 374 g/mol. The summed E-state index contributed by atoms with van der Waals surface area (Å²) in [4.78, 5) is 14.0. The van der Waals surface area contributed by atoms with Gasteiger partial charge in [0.2, 0.25) is 0 Å². The summed E-state index contributed by atoms with van der Waals surface area (Å²) >= 11 is 12.1. The van der Waals surface area contributed by atoms with Crippen LogP contribution in [0.2, 0.25) is 10.0 Å². The fourth-order valence-electron chi connectivity index (χ4n) is 2.81. The first-order valence-corrected chi connectivity index (χ1v) is 8.64. The minimum Gasteiger partial charge on any atom is -0.444 e. The quantitative estimate of drug-likeness (QED) is 0.696. The van der Waals surface area contributed by atoms with Gasteiger partial charge in [0.25, 0.3) is 0 Å². The molecule has 3 rings (SSSR count). The number of epoxide rings is 1. The van der Waals surface area contributed by atoms with Crippen molar-refractivity contribution in [3.8, 4) is 0 Å². The third-order valence-corrected chi connectivity index (χ3v) is 4.73. The van der Waals surface area contributed by atoms with Gasteiger partial charge < -0.3 is 19.1 Å². The minimum atomic E-state index is -0.551. The van der Waals surface area contributed by atoms with Crippen molar-refractivity contribution in [2.75, 3.05) is 26.3 Å². The Hall–Kier alpha value is -1.01. The van der Waals surface area contributed by atoms with Gasteiger partial charge in [0.05, 0.1) is 29.8 Å². The van der Waals surface area contributed by atoms with Crippen LogP contribution in [0.25, 0.3) is 0 Å². The summed E-state index contributed by atoms with van der Waals surface area (Å²) in [5, 5.41) is 0.969. The highest BCUT2D eigenvalue weighted by Gasteiger charge is 2.56. The number of benzene rings is 1. The average Bonchev–Trinajstić information content (AvgIpc) is 3.27. The van der Waals surface area contributed by atoms with Crippen LogP contribution in [0.5, 0.6) is 0 Å². The van der Waals surface area contributed by atoms with Crippen molar-refractivity contribution in [1.29, 1.82) is 0 Å². The van der Waals surface area contributed by atoms with E-state index in [1.54, 1.807) is 17.0 Å². The van der Waals surface area contributed by atoms with E-state index in [9.17, 15) is 4.79 Å². The van der Waals surface area contributed by atoms with Crippen molar-refractivity contribution in [2.24, 2.45) is 0 Å². The van der Waals surface area contributed by atoms with Crippen LogP contribution < -0.4 is 0 Å². The second-order valence-electron chi connectivity index (χ2n) is 7.18. The molecule has 0 saturated carbocycles. The number of hydrogen-bond acceptors (Lipinski definition) is 4. The Morgan fingerprint density at radius 2 is 2.04 bits per heavy atom. The standard InChI is InChI=1S/C17H21Cl2NO4/c1-16(2,3)24-15(21)20-6-7-22-14(17(9-20)10-23-17)11-4-5-12(18)13(19)8-11/h4-5,8,14H,6-7,9-10H2,1-3H3. The first-order valence-electron chi connectivity index (χ1n) is 7.89. The Bertz CT molecular complexity index is 640. The Balaban J connectivity index is 1.79. The highest BCUT2D eigenvalue weighted by atomic mass is 35.5. The van der Waals surface area contributed by atoms with E-state index in [1.165, 1.54) is 0 Å². The molecule has 0 bridgehead atoms. The number of ether oxygens (including phenoxy) is 3. The Morgan fingerprint density at radius 1 is 1.33 bits per heavy atom. The number of carbonyl (C=O) groups excluding carboxylic acids is 1. The van der Waals surface area contributed by atoms with Gasteiger partial charge in [-0.1, -0.05) is 29.3 Å². The summed E-state index contributed by atoms with van der Waals surface area (Å²) in [6.07, 6.45) is -0.643. The third-order valence-electron chi connectivity index (χ3n) is 4.00. The molecular weight excluding hydrogens is 353 g/mol. The van der Waals surface area contributed by atoms with Crippen molar-refractivity contribution in [3.63, 3.8) is 0 Å². The van der Waals surface area contributed by atoms with E-state index < -0.39 is 11.2 Å². The molecule has 0 aliphatic carbocycles. The molecule has 24 heavy (non-hydrogen) atoms. The molecule has 1 amide bonds. The fourth-order valence-corrected chi connectivity index (χ4v) is 3.12. The molecule has 5 nitrogen and oxygen atoms in total. The summed E-state index contributed by atoms with van der Waals surface area (Å²) in [6.45, 7) is 7.35. The molecular formula is C17H21Cl2NO4. The lowest BCUT2D eigenvalue weighted by molar-refractivity contribution is 0.0133. The van der Waals surface area contributed by atoms with E-state index in [1.807, 2.05) is 26.8 Å². The lowest BCUT2D eigenvalue weighted by atomic mass is 9.96. The summed E-state index contributed by atoms with van der Waals surface area (Å²) in [7, 11) is 0. The number of amides is 1. The summed E-state index contributed by atoms with van der Waals surface area (Å²) < 4.78 is 17.2. The maximum atomic E-state index is 12.4. The first kappa shape index (κ1) is 17.8. The smallest absolute Gasteiger partial charge is 0.410 e. The second kappa shape index (κ2) is 6.37. The van der Waals surface area contributed by atoms with Crippen molar-refractivity contribution in [1.82, 2.24) is 4.90 Å². The SMILES string of the molecule is CC(C)(C)OC(=O)N1CCOC(c2ccc(Cl)c(Cl)c2)C2(CO2)C1. The molecule has 0 radical (unpaired) electrons. The van der Waals surface area contributed by atoms with E-state index in [0.717, 1.165) is 5.56 Å². The monoisotopic (exact) mass is 373 g/mol. The van der Waals surface area contributed by atoms with Crippen molar-refractivity contribution >= 4 is 29.3 Å². The van der Waals surface area contributed by atoms with Gasteiger partial charge >= 0.3 is 6.09 Å². The lowest BCUT2D eigenvalue weighted by Gasteiger charge is -2.28. The van der Waals surface area contributed by atoms with Gasteiger partial charge in [0.1, 0.15) is 17.3 Å². The molecule has 7 heteroatoms. The van der Waals surface area contributed by atoms with Crippen LogP contribution in [0.3, 0.4) is 0 Å². The van der Waals surface area contributed by atoms with Gasteiger partial charge in [-0.3, -0.25) is 0 Å². The van der Waals surface area contributed by atoms with E-state index in [4.69, 9.17) is 37.4 Å². The zero-order chi connectivity index (χ0) is 17.5. The Kier molecular flexibility index (Phi) is 4.73. The fraction of sp³-hybridized carbons (Fsp3) is 0.588. The van der Waals surface area contributed by atoms with E-state index >= 15 is 0 Å². The molecule has 2 aliphatic heterocycles. The number of carbonyl (C=O) groups is 1. The van der Waals surface area contributed by atoms with Crippen molar-refractivity contribution < 1.29 is 19.0 Å². The zero-order valence-electron chi connectivity index (χ0n) is 14.0. The number of rotatable bonds is 1. The van der Waals surface area contributed by atoms with E-state index in [0.29, 0.717) is 36.3 Å². The van der Waals surface area contributed by atoms with Crippen molar-refractivity contribution in [3.05, 3.63) is 33.8 Å². The molecule has 2 aliphatic rings. The van der Waals surface area contributed by atoms with Crippen LogP contribution in [0.15, 0.2) is 18.2 Å². The van der Waals surface area contributed by atoms with Gasteiger partial charge in [0, 0.05) is 6.54 Å². The minimum absolute atomic E-state index is 0.292. The van der Waals surface area contributed by atoms with Gasteiger partial charge in [-0.2, -0.15) is 0 Å². The predicted molar refractivity (Wildman–Crippen MR) is 91.6 cm³/mol. The first-order chi connectivity index (χ1) is 11.2. The largest absolute Gasteiger partial charge is 0.444 e. The molecule has 1 aromatic rings. The van der Waals surface area contributed by atoms with Crippen LogP contribution in [0.4, 0.5) is 4.79 Å². The molecule has 0 N–H and O–H groups in total. The van der Waals surface area contributed by atoms with Crippen LogP contribution >= 0.6 is 23.2 Å². The number of nitrogens with zero attached hydrogens (tertiary/aromatic N) is 1. The normalized spacial score (nSPS) is 27.0. The molecule has 2 fully saturated rings. The lowest BCUT2D eigenvalue weighted by Crippen LogP contribution is -2.43. The Labute approximate surface area is 151 Å². The van der Waals surface area contributed by atoms with Gasteiger partial charge in [0.15, 0.2) is 0 Å². The molecule has 0 aromatic heterocycles. The number of hydrogen-bond donors (Lipinski definition) is 0. The second-order valence-corrected chi connectivity index (χ2v) is 7.99. The zero-order valence-corrected chi connectivity index (χ0v) is 15.5. The molecule has 2 unspecified atom stereocenters. The topological polar surface area (TPSA) is 51.3 Å². The summed E-state index contributed by atoms with van der Waals surface area (Å²) in [6, 6.07) is 5.42. The summed E-state index contributed by atoms with van der Waals surface area (Å²) in [5.41, 5.74) is -0.192. The highest BCUT2D eigenvalue weighted by molar-refractivity contribution is 6.42. The van der Waals surface area contributed by atoms with Crippen LogP contribution in [0.1, 0.15) is 32.4 Å². The predicted octanol–water partition coefficient (Wildman–Crippen LogP) is 4.07. The maximum Gasteiger partial charge on any atom is 0.410 e. The third kappa shape index (κ3) is 3.80. The molecule has 2 atom stereocenters. The summed E-state index contributed by atoms with van der Waals surface area (Å²) in [5.74, 6) is 0. The molecule has 2 saturated heterocycles. The van der Waals surface area contributed by atoms with Crippen molar-refractivity contribution in [2.45, 2.75) is 38.1 Å². The van der Waals surface area contributed by atoms with Gasteiger partial charge in [-0.25, -0.2) is 4.79 Å². The van der Waals surface area contributed by atoms with E-state index in [-0.39, 0.29) is 12.2 Å². The van der Waals surface area contributed by atoms with E-state index in [2.05, 4.69) is 0 Å². The molecule has 132 valence electrons. The van der Waals surface area contributed by atoms with Crippen LogP contribution in [-0.2, 0) is 14.2 Å². The van der Waals surface area contributed by atoms with Crippen LogP contribution in [-0.4, -0.2) is 48.5 Å². The molecule has 1 spiro atoms. The molecule has 1 aromatic carbocycles. The maximum absolute atomic E-state index is 12.4. The Morgan fingerprint density at radius 3 is 2.62 bits per heavy atom. The highest BCUT2D eigenvalue weighted by Crippen LogP contribution is 2.45. The molecule has 2 heterocycles. The van der Waals surface area contributed by atoms with Crippen LogP contribution in [0, 0.1) is 0 Å². The number of halogens is 2. The van der Waals surface area contributed by atoms with Gasteiger partial charge in [-0.05, 0) is 38.5 Å². The van der Waals surface area contributed by atoms with Gasteiger partial charge in [-0.15, -0.1) is 0 Å².